The molecule has 98 valence electrons. The van der Waals surface area contributed by atoms with Crippen molar-refractivity contribution in [2.24, 2.45) is 0 Å². The number of nitrogens with zero attached hydrogens (tertiary/aromatic N) is 2. The molecule has 2 aromatic rings. The van der Waals surface area contributed by atoms with E-state index in [1.165, 1.54) is 6.07 Å². The van der Waals surface area contributed by atoms with Crippen LogP contribution < -0.4 is 5.32 Å². The predicted octanol–water partition coefficient (Wildman–Crippen LogP) is 2.70. The van der Waals surface area contributed by atoms with Gasteiger partial charge in [0.2, 0.25) is 0 Å². The number of nitrogens with one attached hydrogen (secondary N) is 1. The average Bonchev–Trinajstić information content (AvgIpc) is 2.81. The molecule has 0 saturated carbocycles. The first-order valence-electron chi connectivity index (χ1n) is 6.53. The van der Waals surface area contributed by atoms with Crippen LogP contribution in [0.1, 0.15) is 35.1 Å². The number of aryl methyl sites for hydroxylation is 1. The van der Waals surface area contributed by atoms with Crippen LogP contribution in [0.2, 0.25) is 0 Å². The quantitative estimate of drug-likeness (QED) is 0.918. The van der Waals surface area contributed by atoms with Crippen LogP contribution in [-0.4, -0.2) is 9.97 Å². The second kappa shape index (κ2) is 5.05. The highest BCUT2D eigenvalue weighted by Gasteiger charge is 2.24. The van der Waals surface area contributed by atoms with E-state index < -0.39 is 0 Å². The third-order valence-corrected chi connectivity index (χ3v) is 3.58. The monoisotopic (exact) mass is 257 g/mol. The zero-order valence-electron chi connectivity index (χ0n) is 10.9. The molecule has 0 amide bonds. The maximum Gasteiger partial charge on any atom is 0.126 e. The van der Waals surface area contributed by atoms with Gasteiger partial charge in [-0.1, -0.05) is 12.1 Å². The molecule has 0 radical (unpaired) electrons. The summed E-state index contributed by atoms with van der Waals surface area (Å²) in [6.07, 6.45) is 3.52. The molecule has 1 atom stereocenters. The highest BCUT2D eigenvalue weighted by molar-refractivity contribution is 5.35. The highest BCUT2D eigenvalue weighted by Crippen LogP contribution is 2.32. The lowest BCUT2D eigenvalue weighted by atomic mass is 10.1. The minimum atomic E-state index is -0.0836. The number of fused-ring (bicyclic) bond motifs is 1. The average molecular weight is 257 g/mol. The Morgan fingerprint density at radius 2 is 2.26 bits per heavy atom. The van der Waals surface area contributed by atoms with Gasteiger partial charge in [-0.15, -0.1) is 0 Å². The van der Waals surface area contributed by atoms with Gasteiger partial charge in [0.15, 0.2) is 0 Å². The van der Waals surface area contributed by atoms with Crippen LogP contribution >= 0.6 is 0 Å². The number of benzene rings is 1. The molecule has 4 heteroatoms. The maximum atomic E-state index is 13.6. The van der Waals surface area contributed by atoms with Crippen molar-refractivity contribution < 1.29 is 4.39 Å². The summed E-state index contributed by atoms with van der Waals surface area (Å²) in [7, 11) is 0. The molecule has 0 aliphatic heterocycles. The van der Waals surface area contributed by atoms with Gasteiger partial charge in [0.25, 0.3) is 0 Å². The van der Waals surface area contributed by atoms with E-state index in [0.29, 0.717) is 6.54 Å². The van der Waals surface area contributed by atoms with Gasteiger partial charge in [0.1, 0.15) is 11.6 Å². The maximum absolute atomic E-state index is 13.6. The molecule has 0 saturated heterocycles. The van der Waals surface area contributed by atoms with Crippen molar-refractivity contribution in [3.05, 3.63) is 58.9 Å². The van der Waals surface area contributed by atoms with Crippen LogP contribution in [0.15, 0.2) is 30.5 Å². The molecule has 1 aromatic heterocycles. The van der Waals surface area contributed by atoms with E-state index in [4.69, 9.17) is 0 Å². The summed E-state index contributed by atoms with van der Waals surface area (Å²) in [5, 5.41) is 3.45. The molecule has 0 fully saturated rings. The molecule has 3 nitrogen and oxygen atoms in total. The summed E-state index contributed by atoms with van der Waals surface area (Å²) in [6, 6.07) is 7.45. The first kappa shape index (κ1) is 12.2. The van der Waals surface area contributed by atoms with Gasteiger partial charge in [-0.2, -0.15) is 0 Å². The van der Waals surface area contributed by atoms with Crippen LogP contribution in [0, 0.1) is 12.7 Å². The molecule has 3 rings (SSSR count). The van der Waals surface area contributed by atoms with Gasteiger partial charge in [-0.05, 0) is 43.0 Å². The van der Waals surface area contributed by atoms with Crippen molar-refractivity contribution in [2.75, 3.05) is 0 Å². The highest BCUT2D eigenvalue weighted by atomic mass is 19.1. The molecular weight excluding hydrogens is 241 g/mol. The number of hydrogen-bond acceptors (Lipinski definition) is 3. The van der Waals surface area contributed by atoms with Gasteiger partial charge in [0, 0.05) is 18.8 Å². The van der Waals surface area contributed by atoms with E-state index in [1.807, 2.05) is 19.1 Å². The van der Waals surface area contributed by atoms with E-state index in [0.717, 1.165) is 35.5 Å². The smallest absolute Gasteiger partial charge is 0.126 e. The summed E-state index contributed by atoms with van der Waals surface area (Å²) < 4.78 is 13.6. The second-order valence-electron chi connectivity index (χ2n) is 4.87. The van der Waals surface area contributed by atoms with Gasteiger partial charge in [-0.3, -0.25) is 0 Å². The lowest BCUT2D eigenvalue weighted by molar-refractivity contribution is 0.524. The zero-order valence-corrected chi connectivity index (χ0v) is 10.9. The summed E-state index contributed by atoms with van der Waals surface area (Å²) in [5.74, 6) is 0.692. The fourth-order valence-corrected chi connectivity index (χ4v) is 2.65. The molecule has 1 aromatic carbocycles. The topological polar surface area (TPSA) is 37.8 Å². The first-order chi connectivity index (χ1) is 9.24. The molecule has 1 N–H and O–H groups in total. The van der Waals surface area contributed by atoms with E-state index >= 15 is 0 Å². The van der Waals surface area contributed by atoms with Crippen LogP contribution in [0.25, 0.3) is 0 Å². The Labute approximate surface area is 111 Å². The lowest BCUT2D eigenvalue weighted by Gasteiger charge is -2.13. The first-order valence-corrected chi connectivity index (χ1v) is 6.53. The van der Waals surface area contributed by atoms with Crippen LogP contribution in [0.4, 0.5) is 4.39 Å². The van der Waals surface area contributed by atoms with E-state index in [9.17, 15) is 4.39 Å². The minimum Gasteiger partial charge on any atom is -0.304 e. The number of halogens is 1. The summed E-state index contributed by atoms with van der Waals surface area (Å²) in [6.45, 7) is 2.56. The van der Waals surface area contributed by atoms with Crippen molar-refractivity contribution in [3.8, 4) is 0 Å². The van der Waals surface area contributed by atoms with E-state index in [1.54, 1.807) is 12.3 Å². The third-order valence-electron chi connectivity index (χ3n) is 3.58. The van der Waals surface area contributed by atoms with Crippen LogP contribution in [0.5, 0.6) is 0 Å². The predicted molar refractivity (Wildman–Crippen MR) is 71.1 cm³/mol. The largest absolute Gasteiger partial charge is 0.304 e. The van der Waals surface area contributed by atoms with Crippen molar-refractivity contribution >= 4 is 0 Å². The van der Waals surface area contributed by atoms with Gasteiger partial charge >= 0.3 is 0 Å². The summed E-state index contributed by atoms with van der Waals surface area (Å²) >= 11 is 0. The normalized spacial score (nSPS) is 17.5. The standard InChI is InChI=1S/C15H16FN3/c1-10-17-8-7-11(19-10)9-18-15-6-5-12-13(15)3-2-4-14(12)16/h2-4,7-8,15,18H,5-6,9H2,1H3. The van der Waals surface area contributed by atoms with E-state index in [-0.39, 0.29) is 11.9 Å². The molecule has 1 aliphatic rings. The molecule has 0 bridgehead atoms. The SMILES string of the molecule is Cc1nccc(CNC2CCc3c(F)cccc32)n1. The van der Waals surface area contributed by atoms with Gasteiger partial charge < -0.3 is 5.32 Å². The Morgan fingerprint density at radius 1 is 1.37 bits per heavy atom. The molecule has 1 unspecified atom stereocenters. The van der Waals surface area contributed by atoms with E-state index in [2.05, 4.69) is 15.3 Å². The zero-order chi connectivity index (χ0) is 13.2. The van der Waals surface area contributed by atoms with Crippen molar-refractivity contribution in [1.82, 2.24) is 15.3 Å². The van der Waals surface area contributed by atoms with Crippen molar-refractivity contribution in [1.29, 1.82) is 0 Å². The molecule has 1 aliphatic carbocycles. The molecular formula is C15H16FN3. The number of rotatable bonds is 3. The van der Waals surface area contributed by atoms with Crippen LogP contribution in [-0.2, 0) is 13.0 Å². The third kappa shape index (κ3) is 2.49. The van der Waals surface area contributed by atoms with Crippen molar-refractivity contribution in [3.63, 3.8) is 0 Å². The lowest BCUT2D eigenvalue weighted by Crippen LogP contribution is -2.19. The fourth-order valence-electron chi connectivity index (χ4n) is 2.65. The Morgan fingerprint density at radius 3 is 3.11 bits per heavy atom. The van der Waals surface area contributed by atoms with Crippen molar-refractivity contribution in [2.45, 2.75) is 32.4 Å². The molecule has 0 spiro atoms. The Kier molecular flexibility index (Phi) is 3.25. The van der Waals surface area contributed by atoms with Gasteiger partial charge in [0.05, 0.1) is 5.69 Å². The second-order valence-corrected chi connectivity index (χ2v) is 4.87. The molecule has 19 heavy (non-hydrogen) atoms. The molecule has 1 heterocycles. The number of aromatic nitrogens is 2. The van der Waals surface area contributed by atoms with Crippen LogP contribution in [0.3, 0.4) is 0 Å². The summed E-state index contributed by atoms with van der Waals surface area (Å²) in [4.78, 5) is 8.44. The Balaban J connectivity index is 1.72. The summed E-state index contributed by atoms with van der Waals surface area (Å²) in [5.41, 5.74) is 2.92. The Hall–Kier alpha value is -1.81. The fraction of sp³-hybridized carbons (Fsp3) is 0.333. The minimum absolute atomic E-state index is 0.0836. The van der Waals surface area contributed by atoms with Gasteiger partial charge in [-0.25, -0.2) is 14.4 Å². The number of hydrogen-bond donors (Lipinski definition) is 1. The Bertz CT molecular complexity index is 598.